The summed E-state index contributed by atoms with van der Waals surface area (Å²) in [4.78, 5) is 14.1. The van der Waals surface area contributed by atoms with E-state index in [1.165, 1.54) is 12.0 Å². The third kappa shape index (κ3) is 2.23. The summed E-state index contributed by atoms with van der Waals surface area (Å²) in [6, 6.07) is 6.80. The molecule has 0 aromatic heterocycles. The number of benzene rings is 1. The van der Waals surface area contributed by atoms with Gasteiger partial charge in [-0.2, -0.15) is 5.26 Å². The van der Waals surface area contributed by atoms with E-state index in [1.54, 1.807) is 18.2 Å². The van der Waals surface area contributed by atoms with E-state index in [-0.39, 0.29) is 12.5 Å². The van der Waals surface area contributed by atoms with E-state index < -0.39 is 11.5 Å². The molecule has 0 bridgehead atoms. The highest BCUT2D eigenvalue weighted by Gasteiger charge is 2.41. The van der Waals surface area contributed by atoms with Crippen molar-refractivity contribution in [3.8, 4) is 11.8 Å². The minimum absolute atomic E-state index is 0.0532. The SMILES string of the molecule is COc1cccc2c1C(=O)N(CC(C)(C)CO)C2C#N. The van der Waals surface area contributed by atoms with Crippen molar-refractivity contribution in [1.82, 2.24) is 4.90 Å². The van der Waals surface area contributed by atoms with Gasteiger partial charge >= 0.3 is 0 Å². The lowest BCUT2D eigenvalue weighted by Gasteiger charge is -2.30. The fourth-order valence-electron chi connectivity index (χ4n) is 2.42. The van der Waals surface area contributed by atoms with Gasteiger partial charge in [0.1, 0.15) is 11.8 Å². The number of fused-ring (bicyclic) bond motifs is 1. The van der Waals surface area contributed by atoms with Gasteiger partial charge in [-0.15, -0.1) is 0 Å². The Bertz CT molecular complexity index is 575. The first-order valence-corrected chi connectivity index (χ1v) is 6.43. The zero-order valence-electron chi connectivity index (χ0n) is 11.9. The normalized spacial score (nSPS) is 17.9. The second-order valence-electron chi connectivity index (χ2n) is 5.71. The average Bonchev–Trinajstić information content (AvgIpc) is 2.71. The van der Waals surface area contributed by atoms with Gasteiger partial charge in [0.25, 0.3) is 5.91 Å². The van der Waals surface area contributed by atoms with Crippen LogP contribution in [0.2, 0.25) is 0 Å². The summed E-state index contributed by atoms with van der Waals surface area (Å²) in [6.45, 7) is 3.98. The molecular weight excluding hydrogens is 256 g/mol. The molecule has 0 saturated carbocycles. The number of nitriles is 1. The maximum absolute atomic E-state index is 12.6. The zero-order chi connectivity index (χ0) is 14.9. The molecule has 1 heterocycles. The second-order valence-corrected chi connectivity index (χ2v) is 5.71. The number of carbonyl (C=O) groups is 1. The van der Waals surface area contributed by atoms with Crippen LogP contribution in [0.5, 0.6) is 5.75 Å². The van der Waals surface area contributed by atoms with Gasteiger partial charge in [0.2, 0.25) is 0 Å². The number of aliphatic hydroxyl groups excluding tert-OH is 1. The van der Waals surface area contributed by atoms with Crippen LogP contribution >= 0.6 is 0 Å². The summed E-state index contributed by atoms with van der Waals surface area (Å²) >= 11 is 0. The van der Waals surface area contributed by atoms with Gasteiger partial charge in [-0.3, -0.25) is 4.79 Å². The first-order valence-electron chi connectivity index (χ1n) is 6.43. The van der Waals surface area contributed by atoms with E-state index in [4.69, 9.17) is 4.74 Å². The van der Waals surface area contributed by atoms with Crippen LogP contribution in [0.25, 0.3) is 0 Å². The molecule has 106 valence electrons. The lowest BCUT2D eigenvalue weighted by atomic mass is 9.93. The minimum Gasteiger partial charge on any atom is -0.496 e. The first-order chi connectivity index (χ1) is 9.45. The molecule has 1 aliphatic rings. The molecule has 20 heavy (non-hydrogen) atoms. The molecule has 1 aromatic carbocycles. The lowest BCUT2D eigenvalue weighted by Crippen LogP contribution is -2.38. The standard InChI is InChI=1S/C15H18N2O3/c1-15(2,9-18)8-17-11(7-16)10-5-4-6-12(20-3)13(10)14(17)19/h4-6,11,18H,8-9H2,1-3H3. The van der Waals surface area contributed by atoms with Crippen molar-refractivity contribution >= 4 is 5.91 Å². The van der Waals surface area contributed by atoms with E-state index in [9.17, 15) is 15.2 Å². The fourth-order valence-corrected chi connectivity index (χ4v) is 2.42. The van der Waals surface area contributed by atoms with Gasteiger partial charge in [-0.25, -0.2) is 0 Å². The van der Waals surface area contributed by atoms with Crippen LogP contribution in [-0.2, 0) is 0 Å². The van der Waals surface area contributed by atoms with Crippen LogP contribution in [0.3, 0.4) is 0 Å². The van der Waals surface area contributed by atoms with E-state index in [0.29, 0.717) is 23.4 Å². The molecule has 1 N–H and O–H groups in total. The molecule has 5 nitrogen and oxygen atoms in total. The van der Waals surface area contributed by atoms with Gasteiger partial charge in [0.05, 0.1) is 18.7 Å². The molecule has 0 spiro atoms. The smallest absolute Gasteiger partial charge is 0.259 e. The third-order valence-electron chi connectivity index (χ3n) is 3.51. The summed E-state index contributed by atoms with van der Waals surface area (Å²) in [6.07, 6.45) is 0. The molecule has 0 aliphatic carbocycles. The Kier molecular flexibility index (Phi) is 3.69. The maximum Gasteiger partial charge on any atom is 0.259 e. The number of nitrogens with zero attached hydrogens (tertiary/aromatic N) is 2. The Labute approximate surface area is 118 Å². The van der Waals surface area contributed by atoms with Crippen molar-refractivity contribution in [2.75, 3.05) is 20.3 Å². The van der Waals surface area contributed by atoms with Gasteiger partial charge in [-0.1, -0.05) is 26.0 Å². The summed E-state index contributed by atoms with van der Waals surface area (Å²) < 4.78 is 5.22. The van der Waals surface area contributed by atoms with Crippen LogP contribution in [0.15, 0.2) is 18.2 Å². The van der Waals surface area contributed by atoms with Gasteiger partial charge in [-0.05, 0) is 6.07 Å². The summed E-state index contributed by atoms with van der Waals surface area (Å²) in [5, 5.41) is 18.8. The Morgan fingerprint density at radius 2 is 2.20 bits per heavy atom. The molecule has 0 saturated heterocycles. The number of rotatable bonds is 4. The highest BCUT2D eigenvalue weighted by atomic mass is 16.5. The van der Waals surface area contributed by atoms with Crippen molar-refractivity contribution in [3.63, 3.8) is 0 Å². The van der Waals surface area contributed by atoms with E-state index >= 15 is 0 Å². The first kappa shape index (κ1) is 14.4. The Morgan fingerprint density at radius 1 is 1.50 bits per heavy atom. The third-order valence-corrected chi connectivity index (χ3v) is 3.51. The number of hydrogen-bond donors (Lipinski definition) is 1. The molecule has 1 unspecified atom stereocenters. The topological polar surface area (TPSA) is 73.6 Å². The summed E-state index contributed by atoms with van der Waals surface area (Å²) in [5.74, 6) is 0.266. The number of aliphatic hydroxyl groups is 1. The number of methoxy groups -OCH3 is 1. The maximum atomic E-state index is 12.6. The molecule has 1 aromatic rings. The summed E-state index contributed by atoms with van der Waals surface area (Å²) in [7, 11) is 1.50. The van der Waals surface area contributed by atoms with E-state index in [2.05, 4.69) is 6.07 Å². The monoisotopic (exact) mass is 274 g/mol. The second kappa shape index (κ2) is 5.14. The van der Waals surface area contributed by atoms with Gasteiger partial charge in [0, 0.05) is 24.1 Å². The number of amides is 1. The molecule has 0 fully saturated rings. The lowest BCUT2D eigenvalue weighted by molar-refractivity contribution is 0.0589. The van der Waals surface area contributed by atoms with Crippen LogP contribution < -0.4 is 4.74 Å². The van der Waals surface area contributed by atoms with Gasteiger partial charge in [0.15, 0.2) is 0 Å². The van der Waals surface area contributed by atoms with E-state index in [0.717, 1.165) is 0 Å². The van der Waals surface area contributed by atoms with Crippen LogP contribution in [0, 0.1) is 16.7 Å². The molecule has 5 heteroatoms. The number of carbonyl (C=O) groups excluding carboxylic acids is 1. The van der Waals surface area contributed by atoms with Crippen LogP contribution in [0.4, 0.5) is 0 Å². The van der Waals surface area contributed by atoms with Crippen LogP contribution in [-0.4, -0.2) is 36.2 Å². The molecule has 1 atom stereocenters. The van der Waals surface area contributed by atoms with Crippen molar-refractivity contribution in [3.05, 3.63) is 29.3 Å². The van der Waals surface area contributed by atoms with E-state index in [1.807, 2.05) is 13.8 Å². The molecule has 1 amide bonds. The Balaban J connectivity index is 2.45. The molecule has 2 rings (SSSR count). The Hall–Kier alpha value is -2.06. The number of ether oxygens (including phenoxy) is 1. The van der Waals surface area contributed by atoms with Crippen molar-refractivity contribution < 1.29 is 14.6 Å². The predicted octanol–water partition coefficient (Wildman–Crippen LogP) is 1.73. The average molecular weight is 274 g/mol. The van der Waals surface area contributed by atoms with Crippen molar-refractivity contribution in [2.24, 2.45) is 5.41 Å². The Morgan fingerprint density at radius 3 is 2.75 bits per heavy atom. The predicted molar refractivity (Wildman–Crippen MR) is 73.3 cm³/mol. The molecule has 1 aliphatic heterocycles. The largest absolute Gasteiger partial charge is 0.496 e. The van der Waals surface area contributed by atoms with Crippen LogP contribution in [0.1, 0.15) is 35.8 Å². The zero-order valence-corrected chi connectivity index (χ0v) is 11.9. The quantitative estimate of drug-likeness (QED) is 0.907. The van der Waals surface area contributed by atoms with Crippen molar-refractivity contribution in [1.29, 1.82) is 5.26 Å². The van der Waals surface area contributed by atoms with Gasteiger partial charge < -0.3 is 14.7 Å². The minimum atomic E-state index is -0.626. The highest BCUT2D eigenvalue weighted by molar-refractivity contribution is 6.02. The molecule has 0 radical (unpaired) electrons. The summed E-state index contributed by atoms with van der Waals surface area (Å²) in [5.41, 5.74) is 0.668. The number of hydrogen-bond acceptors (Lipinski definition) is 4. The highest BCUT2D eigenvalue weighted by Crippen LogP contribution is 2.39. The molecular formula is C15H18N2O3. The fraction of sp³-hybridized carbons (Fsp3) is 0.467. The van der Waals surface area contributed by atoms with Crippen molar-refractivity contribution in [2.45, 2.75) is 19.9 Å².